The number of rotatable bonds is 3. The minimum atomic E-state index is 0.277. The van der Waals surface area contributed by atoms with Crippen LogP contribution in [0.15, 0.2) is 18.2 Å². The van der Waals surface area contributed by atoms with E-state index in [2.05, 4.69) is 11.4 Å². The maximum absolute atomic E-state index is 9.25. The van der Waals surface area contributed by atoms with Gasteiger partial charge in [-0.25, -0.2) is 0 Å². The van der Waals surface area contributed by atoms with Crippen molar-refractivity contribution in [1.29, 1.82) is 0 Å². The molecule has 2 unspecified atom stereocenters. The van der Waals surface area contributed by atoms with Crippen LogP contribution < -0.4 is 11.1 Å². The van der Waals surface area contributed by atoms with Gasteiger partial charge < -0.3 is 16.2 Å². The first kappa shape index (κ1) is 11.3. The van der Waals surface area contributed by atoms with Gasteiger partial charge in [0.2, 0.25) is 0 Å². The summed E-state index contributed by atoms with van der Waals surface area (Å²) in [6.07, 6.45) is 3.46. The van der Waals surface area contributed by atoms with Gasteiger partial charge in [0.05, 0.1) is 0 Å². The van der Waals surface area contributed by atoms with Crippen LogP contribution in [0.3, 0.4) is 0 Å². The summed E-state index contributed by atoms with van der Waals surface area (Å²) in [6.45, 7) is 2.28. The Labute approximate surface area is 96.7 Å². The van der Waals surface area contributed by atoms with E-state index < -0.39 is 0 Å². The largest absolute Gasteiger partial charge is 0.398 e. The van der Waals surface area contributed by atoms with Gasteiger partial charge in [0.1, 0.15) is 0 Å². The zero-order chi connectivity index (χ0) is 11.5. The third kappa shape index (κ3) is 2.30. The third-order valence-corrected chi connectivity index (χ3v) is 3.52. The lowest BCUT2D eigenvalue weighted by Gasteiger charge is -2.20. The van der Waals surface area contributed by atoms with Crippen LogP contribution in [0, 0.1) is 12.8 Å². The fourth-order valence-electron chi connectivity index (χ4n) is 2.39. The van der Waals surface area contributed by atoms with Gasteiger partial charge in [-0.15, -0.1) is 0 Å². The first-order chi connectivity index (χ1) is 7.70. The molecule has 2 atom stereocenters. The Morgan fingerprint density at radius 1 is 1.44 bits per heavy atom. The number of aliphatic hydroxyl groups is 1. The van der Waals surface area contributed by atoms with Crippen molar-refractivity contribution in [3.63, 3.8) is 0 Å². The van der Waals surface area contributed by atoms with E-state index in [0.717, 1.165) is 29.8 Å². The maximum atomic E-state index is 9.25. The molecule has 0 saturated heterocycles. The van der Waals surface area contributed by atoms with Crippen molar-refractivity contribution in [2.24, 2.45) is 5.92 Å². The van der Waals surface area contributed by atoms with E-state index in [9.17, 15) is 5.11 Å². The van der Waals surface area contributed by atoms with Crippen LogP contribution in [-0.4, -0.2) is 17.8 Å². The van der Waals surface area contributed by atoms with Crippen LogP contribution in [0.5, 0.6) is 0 Å². The van der Waals surface area contributed by atoms with Gasteiger partial charge in [0, 0.05) is 29.9 Å². The number of anilines is 2. The fraction of sp³-hybridized carbons (Fsp3) is 0.538. The van der Waals surface area contributed by atoms with Gasteiger partial charge in [0.15, 0.2) is 0 Å². The second kappa shape index (κ2) is 4.74. The minimum Gasteiger partial charge on any atom is -0.398 e. The molecule has 0 heterocycles. The molecule has 1 saturated carbocycles. The Balaban J connectivity index is 2.05. The van der Waals surface area contributed by atoms with Crippen molar-refractivity contribution in [2.45, 2.75) is 32.2 Å². The van der Waals surface area contributed by atoms with Crippen LogP contribution >= 0.6 is 0 Å². The highest BCUT2D eigenvalue weighted by Gasteiger charge is 2.26. The van der Waals surface area contributed by atoms with Crippen LogP contribution in [0.4, 0.5) is 11.4 Å². The van der Waals surface area contributed by atoms with E-state index in [0.29, 0.717) is 12.0 Å². The SMILES string of the molecule is Cc1ccc(NC2CCCC2CO)cc1N. The molecule has 1 aliphatic carbocycles. The number of nitrogen functional groups attached to an aromatic ring is 1. The zero-order valence-electron chi connectivity index (χ0n) is 9.74. The summed E-state index contributed by atoms with van der Waals surface area (Å²) >= 11 is 0. The van der Waals surface area contributed by atoms with E-state index in [4.69, 9.17) is 5.73 Å². The van der Waals surface area contributed by atoms with Gasteiger partial charge in [0.25, 0.3) is 0 Å². The van der Waals surface area contributed by atoms with Crippen LogP contribution in [0.25, 0.3) is 0 Å². The van der Waals surface area contributed by atoms with Crippen molar-refractivity contribution in [2.75, 3.05) is 17.7 Å². The average molecular weight is 220 g/mol. The standard InChI is InChI=1S/C13H20N2O/c1-9-5-6-11(7-12(9)14)15-13-4-2-3-10(13)8-16/h5-7,10,13,15-16H,2-4,8,14H2,1H3. The summed E-state index contributed by atoms with van der Waals surface area (Å²) in [5.41, 5.74) is 8.87. The van der Waals surface area contributed by atoms with E-state index in [1.807, 2.05) is 19.1 Å². The summed E-state index contributed by atoms with van der Waals surface area (Å²) in [5, 5.41) is 12.7. The molecule has 0 amide bonds. The first-order valence-electron chi connectivity index (χ1n) is 5.94. The molecular weight excluding hydrogens is 200 g/mol. The third-order valence-electron chi connectivity index (χ3n) is 3.52. The number of benzene rings is 1. The topological polar surface area (TPSA) is 58.3 Å². The lowest BCUT2D eigenvalue weighted by molar-refractivity contribution is 0.222. The summed E-state index contributed by atoms with van der Waals surface area (Å²) < 4.78 is 0. The lowest BCUT2D eigenvalue weighted by atomic mass is 10.0. The molecule has 1 fully saturated rings. The highest BCUT2D eigenvalue weighted by Crippen LogP contribution is 2.29. The molecule has 16 heavy (non-hydrogen) atoms. The second-order valence-corrected chi connectivity index (χ2v) is 4.70. The van der Waals surface area contributed by atoms with E-state index in [1.165, 1.54) is 6.42 Å². The molecule has 3 nitrogen and oxygen atoms in total. The van der Waals surface area contributed by atoms with Gasteiger partial charge in [-0.1, -0.05) is 12.5 Å². The van der Waals surface area contributed by atoms with Gasteiger partial charge >= 0.3 is 0 Å². The molecule has 2 rings (SSSR count). The number of aryl methyl sites for hydroxylation is 1. The molecular formula is C13H20N2O. The van der Waals surface area contributed by atoms with Gasteiger partial charge in [-0.05, 0) is 37.5 Å². The molecule has 4 N–H and O–H groups in total. The molecule has 1 aromatic carbocycles. The normalized spacial score (nSPS) is 24.6. The van der Waals surface area contributed by atoms with Crippen molar-refractivity contribution in [1.82, 2.24) is 0 Å². The lowest BCUT2D eigenvalue weighted by Crippen LogP contribution is -2.26. The number of aliphatic hydroxyl groups excluding tert-OH is 1. The highest BCUT2D eigenvalue weighted by molar-refractivity contribution is 5.58. The van der Waals surface area contributed by atoms with Crippen molar-refractivity contribution < 1.29 is 5.11 Å². The average Bonchev–Trinajstić information content (AvgIpc) is 2.71. The number of nitrogens with two attached hydrogens (primary N) is 1. The predicted octanol–water partition coefficient (Wildman–Crippen LogP) is 2.15. The number of hydrogen-bond acceptors (Lipinski definition) is 3. The summed E-state index contributed by atoms with van der Waals surface area (Å²) in [5.74, 6) is 0.391. The first-order valence-corrected chi connectivity index (χ1v) is 5.94. The Hall–Kier alpha value is -1.22. The molecule has 0 bridgehead atoms. The van der Waals surface area contributed by atoms with Crippen molar-refractivity contribution >= 4 is 11.4 Å². The number of nitrogens with one attached hydrogen (secondary N) is 1. The zero-order valence-corrected chi connectivity index (χ0v) is 9.74. The second-order valence-electron chi connectivity index (χ2n) is 4.70. The monoisotopic (exact) mass is 220 g/mol. The molecule has 3 heteroatoms. The smallest absolute Gasteiger partial charge is 0.0478 e. The van der Waals surface area contributed by atoms with Crippen molar-refractivity contribution in [3.05, 3.63) is 23.8 Å². The van der Waals surface area contributed by atoms with Crippen LogP contribution in [-0.2, 0) is 0 Å². The van der Waals surface area contributed by atoms with E-state index >= 15 is 0 Å². The Bertz CT molecular complexity index is 365. The highest BCUT2D eigenvalue weighted by atomic mass is 16.3. The Morgan fingerprint density at radius 3 is 2.94 bits per heavy atom. The van der Waals surface area contributed by atoms with Crippen molar-refractivity contribution in [3.8, 4) is 0 Å². The van der Waals surface area contributed by atoms with Gasteiger partial charge in [-0.3, -0.25) is 0 Å². The summed E-state index contributed by atoms with van der Waals surface area (Å²) in [7, 11) is 0. The predicted molar refractivity (Wildman–Crippen MR) is 67.4 cm³/mol. The Kier molecular flexibility index (Phi) is 3.34. The fourth-order valence-corrected chi connectivity index (χ4v) is 2.39. The molecule has 88 valence electrons. The maximum Gasteiger partial charge on any atom is 0.0478 e. The quantitative estimate of drug-likeness (QED) is 0.684. The molecule has 0 radical (unpaired) electrons. The summed E-state index contributed by atoms with van der Waals surface area (Å²) in [6, 6.07) is 6.45. The van der Waals surface area contributed by atoms with E-state index in [1.54, 1.807) is 0 Å². The van der Waals surface area contributed by atoms with Crippen LogP contribution in [0.1, 0.15) is 24.8 Å². The summed E-state index contributed by atoms with van der Waals surface area (Å²) in [4.78, 5) is 0. The van der Waals surface area contributed by atoms with Crippen LogP contribution in [0.2, 0.25) is 0 Å². The minimum absolute atomic E-state index is 0.277. The van der Waals surface area contributed by atoms with Gasteiger partial charge in [-0.2, -0.15) is 0 Å². The molecule has 1 aromatic rings. The molecule has 1 aliphatic rings. The molecule has 0 aliphatic heterocycles. The Morgan fingerprint density at radius 2 is 2.25 bits per heavy atom. The molecule has 0 spiro atoms. The number of hydrogen-bond donors (Lipinski definition) is 3. The van der Waals surface area contributed by atoms with E-state index in [-0.39, 0.29) is 6.61 Å². The molecule has 0 aromatic heterocycles.